The molecule has 0 heterocycles. The summed E-state index contributed by atoms with van der Waals surface area (Å²) >= 11 is 0. The van der Waals surface area contributed by atoms with Crippen molar-refractivity contribution in [3.8, 4) is 0 Å². The molecule has 0 saturated heterocycles. The summed E-state index contributed by atoms with van der Waals surface area (Å²) in [6, 6.07) is 0. The minimum atomic E-state index is -1.66. The van der Waals surface area contributed by atoms with E-state index in [0.717, 1.165) is 0 Å². The van der Waals surface area contributed by atoms with Crippen molar-refractivity contribution >= 4 is 0 Å². The average Bonchev–Trinajstić information content (AvgIpc) is 2.12. The Hall–Kier alpha value is 1.40. The van der Waals surface area contributed by atoms with Crippen LogP contribution in [0.25, 0.3) is 0 Å². The van der Waals surface area contributed by atoms with Gasteiger partial charge in [-0.2, -0.15) is 0 Å². The van der Waals surface area contributed by atoms with Crippen molar-refractivity contribution in [2.24, 2.45) is 5.73 Å². The summed E-state index contributed by atoms with van der Waals surface area (Å²) in [5.41, 5.74) is 4.92. The number of hydrogen-bond donors (Lipinski definition) is 5. The van der Waals surface area contributed by atoms with E-state index in [1.807, 2.05) is 0 Å². The number of hydrogen-bond acceptors (Lipinski definition) is 6. The van der Waals surface area contributed by atoms with Crippen molar-refractivity contribution in [3.63, 3.8) is 0 Å². The second-order valence-electron chi connectivity index (χ2n) is 2.51. The van der Waals surface area contributed by atoms with Crippen LogP contribution < -0.4 is 62.2 Å². The summed E-state index contributed by atoms with van der Waals surface area (Å²) in [6.45, 7) is -1.05. The van der Waals surface area contributed by atoms with Crippen LogP contribution in [0.2, 0.25) is 0 Å². The smallest absolute Gasteiger partial charge is 0.849 e. The fraction of sp³-hybridized carbons (Fsp3) is 1.00. The third-order valence-electron chi connectivity index (χ3n) is 1.54. The van der Waals surface area contributed by atoms with Crippen molar-refractivity contribution in [1.82, 2.24) is 0 Å². The Labute approximate surface area is 119 Å². The van der Waals surface area contributed by atoms with Crippen molar-refractivity contribution < 1.29 is 76.9 Å². The molecule has 7 heteroatoms. The van der Waals surface area contributed by atoms with E-state index < -0.39 is 31.0 Å². The van der Waals surface area contributed by atoms with Crippen LogP contribution in [0.15, 0.2) is 0 Å². The van der Waals surface area contributed by atoms with Crippen molar-refractivity contribution in [1.29, 1.82) is 0 Å². The number of nitrogens with two attached hydrogens (primary N) is 1. The molecular weight excluding hydrogens is 205 g/mol. The molecule has 0 aromatic rings. The van der Waals surface area contributed by atoms with Crippen LogP contribution in [-0.4, -0.2) is 58.0 Å². The average molecular weight is 219 g/mol. The minimum Gasteiger partial charge on any atom is -0.849 e. The summed E-state index contributed by atoms with van der Waals surface area (Å²) in [5.74, 6) is 0. The second kappa shape index (κ2) is 8.68. The maximum atomic E-state index is 10.7. The van der Waals surface area contributed by atoms with Gasteiger partial charge in [-0.25, -0.2) is 0 Å². The summed E-state index contributed by atoms with van der Waals surface area (Å²) in [5, 5.41) is 45.8. The van der Waals surface area contributed by atoms with Crippen LogP contribution in [0.3, 0.4) is 0 Å². The summed E-state index contributed by atoms with van der Waals surface area (Å²) in [6.07, 6.45) is -6.37. The SMILES string of the molecule is NC[C@H]([O-])[C@@H](O)[C@H](O)[C@H](O)CO.[K+]. The predicted molar refractivity (Wildman–Crippen MR) is 37.9 cm³/mol. The Balaban J connectivity index is 0. The van der Waals surface area contributed by atoms with Crippen molar-refractivity contribution in [2.45, 2.75) is 24.4 Å². The van der Waals surface area contributed by atoms with E-state index in [0.29, 0.717) is 0 Å². The van der Waals surface area contributed by atoms with Gasteiger partial charge in [-0.1, -0.05) is 6.10 Å². The van der Waals surface area contributed by atoms with Gasteiger partial charge in [0.1, 0.15) is 12.2 Å². The summed E-state index contributed by atoms with van der Waals surface area (Å²) in [7, 11) is 0. The molecule has 0 aromatic carbocycles. The zero-order valence-electron chi connectivity index (χ0n) is 7.50. The van der Waals surface area contributed by atoms with Crippen molar-refractivity contribution in [2.75, 3.05) is 13.2 Å². The molecule has 13 heavy (non-hydrogen) atoms. The summed E-state index contributed by atoms with van der Waals surface area (Å²) < 4.78 is 0. The van der Waals surface area contributed by atoms with Crippen LogP contribution in [0.1, 0.15) is 0 Å². The van der Waals surface area contributed by atoms with Crippen LogP contribution in [0, 0.1) is 0 Å². The molecule has 0 bridgehead atoms. The van der Waals surface area contributed by atoms with Gasteiger partial charge in [0.05, 0.1) is 12.7 Å². The fourth-order valence-electron chi connectivity index (χ4n) is 0.695. The molecule has 0 aliphatic heterocycles. The van der Waals surface area contributed by atoms with Gasteiger partial charge < -0.3 is 31.3 Å². The van der Waals surface area contributed by atoms with Gasteiger partial charge >= 0.3 is 51.4 Å². The molecule has 0 radical (unpaired) electrons. The van der Waals surface area contributed by atoms with Crippen LogP contribution >= 0.6 is 0 Å². The maximum Gasteiger partial charge on any atom is 1.00 e. The quantitative estimate of drug-likeness (QED) is 0.292. The fourth-order valence-corrected chi connectivity index (χ4v) is 0.695. The van der Waals surface area contributed by atoms with E-state index in [4.69, 9.17) is 26.2 Å². The first kappa shape index (κ1) is 16.8. The molecule has 0 aromatic heterocycles. The Morgan fingerprint density at radius 1 is 1.15 bits per heavy atom. The molecule has 0 saturated carbocycles. The van der Waals surface area contributed by atoms with E-state index in [-0.39, 0.29) is 57.9 Å². The largest absolute Gasteiger partial charge is 1.00 e. The van der Waals surface area contributed by atoms with Crippen molar-refractivity contribution in [3.05, 3.63) is 0 Å². The first-order valence-electron chi connectivity index (χ1n) is 3.55. The van der Waals surface area contributed by atoms with Gasteiger partial charge in [0.25, 0.3) is 0 Å². The Kier molecular flexibility index (Phi) is 11.2. The molecular formula is C6H14KNO5. The number of aliphatic hydroxyl groups is 4. The number of aliphatic hydroxyl groups excluding tert-OH is 4. The van der Waals surface area contributed by atoms with Gasteiger partial charge in [0, 0.05) is 0 Å². The molecule has 0 fully saturated rings. The van der Waals surface area contributed by atoms with E-state index >= 15 is 0 Å². The molecule has 0 amide bonds. The molecule has 74 valence electrons. The molecule has 0 aliphatic carbocycles. The van der Waals surface area contributed by atoms with Gasteiger partial charge in [0.2, 0.25) is 0 Å². The van der Waals surface area contributed by atoms with Gasteiger partial charge in [-0.15, -0.1) is 0 Å². The van der Waals surface area contributed by atoms with Gasteiger partial charge in [-0.3, -0.25) is 0 Å². The molecule has 0 rings (SSSR count). The van der Waals surface area contributed by atoms with E-state index in [1.165, 1.54) is 0 Å². The number of rotatable bonds is 5. The molecule has 0 unspecified atom stereocenters. The Morgan fingerprint density at radius 3 is 1.92 bits per heavy atom. The van der Waals surface area contributed by atoms with Crippen LogP contribution in [0.5, 0.6) is 0 Å². The molecule has 4 atom stereocenters. The first-order valence-corrected chi connectivity index (χ1v) is 3.55. The Bertz CT molecular complexity index is 114. The zero-order valence-corrected chi connectivity index (χ0v) is 10.6. The summed E-state index contributed by atoms with van der Waals surface area (Å²) in [4.78, 5) is 0. The molecule has 0 aliphatic rings. The van der Waals surface area contributed by atoms with E-state index in [9.17, 15) is 5.11 Å². The minimum absolute atomic E-state index is 0. The zero-order chi connectivity index (χ0) is 9.72. The van der Waals surface area contributed by atoms with Gasteiger partial charge in [0.15, 0.2) is 0 Å². The van der Waals surface area contributed by atoms with E-state index in [2.05, 4.69) is 0 Å². The normalized spacial score (nSPS) is 19.8. The standard InChI is InChI=1S/C6H14NO5.K/c7-1-3(9)5(11)6(12)4(10)2-8;/h3-6,8,10-12H,1-2,7H2;/q-1;+1/t3-,4+,5+,6+;/m0./s1. The molecule has 0 spiro atoms. The van der Waals surface area contributed by atoms with Gasteiger partial charge in [-0.05, 0) is 6.54 Å². The monoisotopic (exact) mass is 219 g/mol. The van der Waals surface area contributed by atoms with Crippen LogP contribution in [-0.2, 0) is 0 Å². The maximum absolute atomic E-state index is 10.7. The second-order valence-corrected chi connectivity index (χ2v) is 2.51. The van der Waals surface area contributed by atoms with E-state index in [1.54, 1.807) is 0 Å². The first-order chi connectivity index (χ1) is 5.54. The molecule has 6 N–H and O–H groups in total. The Morgan fingerprint density at radius 2 is 1.62 bits per heavy atom. The third kappa shape index (κ3) is 5.75. The molecule has 6 nitrogen and oxygen atoms in total. The topological polar surface area (TPSA) is 130 Å². The predicted octanol–water partition coefficient (Wildman–Crippen LogP) is -7.25. The van der Waals surface area contributed by atoms with Crippen LogP contribution in [0.4, 0.5) is 0 Å². The third-order valence-corrected chi connectivity index (χ3v) is 1.54.